The van der Waals surface area contributed by atoms with Gasteiger partial charge in [0.05, 0.1) is 15.7 Å². The van der Waals surface area contributed by atoms with E-state index in [1.165, 1.54) is 18.2 Å². The van der Waals surface area contributed by atoms with Crippen LogP contribution in [0.4, 0.5) is 5.69 Å². The van der Waals surface area contributed by atoms with Crippen LogP contribution < -0.4 is 5.32 Å². The van der Waals surface area contributed by atoms with Crippen molar-refractivity contribution in [2.75, 3.05) is 11.9 Å². The van der Waals surface area contributed by atoms with Crippen LogP contribution in [0.25, 0.3) is 0 Å². The van der Waals surface area contributed by atoms with E-state index in [1.807, 2.05) is 0 Å². The Kier molecular flexibility index (Phi) is 5.46. The molecule has 0 aliphatic carbocycles. The first-order valence-corrected chi connectivity index (χ1v) is 8.93. The van der Waals surface area contributed by atoms with Crippen LogP contribution in [0.5, 0.6) is 0 Å². The van der Waals surface area contributed by atoms with Crippen molar-refractivity contribution in [1.29, 1.82) is 0 Å². The average molecular weight is 350 g/mol. The highest BCUT2D eigenvalue weighted by Gasteiger charge is 2.43. The molecule has 0 unspecified atom stereocenters. The zero-order valence-corrected chi connectivity index (χ0v) is 12.6. The molecule has 5 N–H and O–H groups in total. The van der Waals surface area contributed by atoms with E-state index in [0.29, 0.717) is 0 Å². The summed E-state index contributed by atoms with van der Waals surface area (Å²) in [5.41, 5.74) is 0.223. The number of halogens is 2. The second-order valence-corrected chi connectivity index (χ2v) is 8.44. The molecule has 1 aromatic carbocycles. The molecule has 0 heterocycles. The summed E-state index contributed by atoms with van der Waals surface area (Å²) < 4.78 is 22.1. The number of benzene rings is 1. The van der Waals surface area contributed by atoms with Crippen molar-refractivity contribution in [2.24, 2.45) is 0 Å². The second-order valence-electron chi connectivity index (χ2n) is 3.64. The van der Waals surface area contributed by atoms with Crippen molar-refractivity contribution >= 4 is 44.1 Å². The molecule has 1 aromatic rings. The summed E-state index contributed by atoms with van der Waals surface area (Å²) in [5.74, 6) is 0. The highest BCUT2D eigenvalue weighted by molar-refractivity contribution is 7.70. The molecule has 1 rings (SSSR count). The molecule has 0 spiro atoms. The maximum absolute atomic E-state index is 11.1. The van der Waals surface area contributed by atoms with E-state index < -0.39 is 27.1 Å². The van der Waals surface area contributed by atoms with E-state index in [2.05, 4.69) is 5.32 Å². The van der Waals surface area contributed by atoms with Crippen LogP contribution in [-0.2, 0) is 9.13 Å². The molecule has 0 saturated carbocycles. The second kappa shape index (κ2) is 6.12. The molecule has 0 aromatic heterocycles. The Morgan fingerprint density at radius 1 is 1.11 bits per heavy atom. The Hall–Kier alpha value is -0.100. The minimum atomic E-state index is -4.96. The molecule has 0 saturated heterocycles. The lowest BCUT2D eigenvalue weighted by molar-refractivity contribution is 0.340. The minimum Gasteiger partial charge on any atom is -0.382 e. The topological polar surface area (TPSA) is 127 Å². The zero-order valence-electron chi connectivity index (χ0n) is 9.27. The fourth-order valence-corrected chi connectivity index (χ4v) is 3.87. The maximum Gasteiger partial charge on any atom is 0.342 e. The SMILES string of the molecule is O=P(O)(O)C(CNc1cccc(Cl)c1Cl)P(=O)(O)O. The van der Waals surface area contributed by atoms with Crippen LogP contribution in [-0.4, -0.2) is 31.5 Å². The van der Waals surface area contributed by atoms with Gasteiger partial charge in [-0.05, 0) is 12.1 Å². The standard InChI is InChI=1S/C8H11Cl2NO6P2/c9-5-2-1-3-6(8(5)10)11-4-7(18(12,13)14)19(15,16)17/h1-3,7,11H,4H2,(H2,12,13,14)(H2,15,16,17). The smallest absolute Gasteiger partial charge is 0.342 e. The van der Waals surface area contributed by atoms with Crippen molar-refractivity contribution in [2.45, 2.75) is 5.40 Å². The van der Waals surface area contributed by atoms with Gasteiger partial charge in [0.15, 0.2) is 5.40 Å². The highest BCUT2D eigenvalue weighted by atomic mass is 35.5. The lowest BCUT2D eigenvalue weighted by Crippen LogP contribution is -2.20. The van der Waals surface area contributed by atoms with Gasteiger partial charge in [0.1, 0.15) is 0 Å². The Bertz CT molecular complexity index is 534. The summed E-state index contributed by atoms with van der Waals surface area (Å²) in [6.45, 7) is -0.644. The lowest BCUT2D eigenvalue weighted by atomic mass is 10.3. The molecular formula is C8H11Cl2NO6P2. The molecule has 0 bridgehead atoms. The van der Waals surface area contributed by atoms with E-state index in [9.17, 15) is 9.13 Å². The zero-order chi connectivity index (χ0) is 14.8. The summed E-state index contributed by atoms with van der Waals surface area (Å²) in [4.78, 5) is 35.7. The summed E-state index contributed by atoms with van der Waals surface area (Å²) in [7, 11) is -9.93. The van der Waals surface area contributed by atoms with Crippen LogP contribution in [0.3, 0.4) is 0 Å². The molecule has 0 aliphatic rings. The number of rotatable bonds is 5. The quantitative estimate of drug-likeness (QED) is 0.515. The molecular weight excluding hydrogens is 339 g/mol. The van der Waals surface area contributed by atoms with Crippen molar-refractivity contribution < 1.29 is 28.7 Å². The fourth-order valence-electron chi connectivity index (χ4n) is 1.28. The predicted molar refractivity (Wildman–Crippen MR) is 72.8 cm³/mol. The molecule has 0 atom stereocenters. The van der Waals surface area contributed by atoms with Crippen LogP contribution in [0, 0.1) is 0 Å². The van der Waals surface area contributed by atoms with Crippen molar-refractivity contribution in [3.8, 4) is 0 Å². The normalized spacial score (nSPS) is 12.8. The first-order chi connectivity index (χ1) is 8.53. The molecule has 19 heavy (non-hydrogen) atoms. The Morgan fingerprint density at radius 3 is 2.11 bits per heavy atom. The van der Waals surface area contributed by atoms with Crippen LogP contribution in [0.1, 0.15) is 0 Å². The van der Waals surface area contributed by atoms with E-state index >= 15 is 0 Å². The first-order valence-electron chi connectivity index (χ1n) is 4.82. The van der Waals surface area contributed by atoms with Crippen molar-refractivity contribution in [3.05, 3.63) is 28.2 Å². The fraction of sp³-hybridized carbons (Fsp3) is 0.250. The number of anilines is 1. The van der Waals surface area contributed by atoms with Crippen molar-refractivity contribution in [3.63, 3.8) is 0 Å². The molecule has 11 heteroatoms. The van der Waals surface area contributed by atoms with Crippen LogP contribution >= 0.6 is 38.4 Å². The summed E-state index contributed by atoms with van der Waals surface area (Å²) in [6.07, 6.45) is 0. The third-order valence-electron chi connectivity index (χ3n) is 2.20. The molecule has 0 radical (unpaired) electrons. The van der Waals surface area contributed by atoms with Gasteiger partial charge in [-0.15, -0.1) is 0 Å². The molecule has 0 amide bonds. The van der Waals surface area contributed by atoms with Crippen molar-refractivity contribution in [1.82, 2.24) is 0 Å². The summed E-state index contributed by atoms with van der Waals surface area (Å²) in [5, 5.41) is 0.623. The largest absolute Gasteiger partial charge is 0.382 e. The van der Waals surface area contributed by atoms with E-state index in [1.54, 1.807) is 0 Å². The third-order valence-corrected chi connectivity index (χ3v) is 6.75. The van der Waals surface area contributed by atoms with Gasteiger partial charge in [-0.1, -0.05) is 29.3 Å². The number of hydrogen-bond donors (Lipinski definition) is 5. The molecule has 7 nitrogen and oxygen atoms in total. The van der Waals surface area contributed by atoms with E-state index in [4.69, 9.17) is 42.8 Å². The Balaban J connectivity index is 2.93. The van der Waals surface area contributed by atoms with Gasteiger partial charge >= 0.3 is 15.2 Å². The van der Waals surface area contributed by atoms with Gasteiger partial charge in [-0.3, -0.25) is 9.13 Å². The highest BCUT2D eigenvalue weighted by Crippen LogP contribution is 2.59. The lowest BCUT2D eigenvalue weighted by Gasteiger charge is -2.20. The van der Waals surface area contributed by atoms with E-state index in [-0.39, 0.29) is 15.7 Å². The van der Waals surface area contributed by atoms with Gasteiger partial charge in [0.2, 0.25) is 0 Å². The van der Waals surface area contributed by atoms with Gasteiger partial charge in [-0.2, -0.15) is 0 Å². The van der Waals surface area contributed by atoms with Gasteiger partial charge < -0.3 is 24.9 Å². The Labute approximate surface area is 118 Å². The summed E-state index contributed by atoms with van der Waals surface area (Å²) in [6, 6.07) is 4.49. The van der Waals surface area contributed by atoms with Gasteiger partial charge in [0, 0.05) is 6.54 Å². The number of hydrogen-bond acceptors (Lipinski definition) is 3. The first kappa shape index (κ1) is 17.0. The minimum absolute atomic E-state index is 0.0966. The maximum atomic E-state index is 11.1. The molecule has 108 valence electrons. The average Bonchev–Trinajstić information content (AvgIpc) is 2.20. The monoisotopic (exact) mass is 349 g/mol. The van der Waals surface area contributed by atoms with Crippen LogP contribution in [0.2, 0.25) is 10.0 Å². The van der Waals surface area contributed by atoms with Crippen LogP contribution in [0.15, 0.2) is 18.2 Å². The predicted octanol–water partition coefficient (Wildman–Crippen LogP) is 2.09. The van der Waals surface area contributed by atoms with Gasteiger partial charge in [0.25, 0.3) is 0 Å². The number of nitrogens with one attached hydrogen (secondary N) is 1. The Morgan fingerprint density at radius 2 is 1.63 bits per heavy atom. The third kappa shape index (κ3) is 4.74. The van der Waals surface area contributed by atoms with E-state index in [0.717, 1.165) is 0 Å². The summed E-state index contributed by atoms with van der Waals surface area (Å²) >= 11 is 11.6. The van der Waals surface area contributed by atoms with Gasteiger partial charge in [-0.25, -0.2) is 0 Å². The molecule has 0 aliphatic heterocycles. The molecule has 0 fully saturated rings.